The fourth-order valence-electron chi connectivity index (χ4n) is 2.32. The molecule has 1 aromatic heterocycles. The third kappa shape index (κ3) is 5.74. The van der Waals surface area contributed by atoms with E-state index in [1.165, 1.54) is 0 Å². The first-order chi connectivity index (χ1) is 14.3. The Bertz CT molecular complexity index is 1060. The largest absolute Gasteiger partial charge is 0.378 e. The summed E-state index contributed by atoms with van der Waals surface area (Å²) in [7, 11) is 3.86. The molecule has 2 N–H and O–H groups in total. The van der Waals surface area contributed by atoms with E-state index in [1.54, 1.807) is 0 Å². The van der Waals surface area contributed by atoms with Crippen molar-refractivity contribution in [3.05, 3.63) is 59.7 Å². The van der Waals surface area contributed by atoms with Crippen LogP contribution in [0.4, 0.5) is 25.3 Å². The molecule has 2 aromatic carbocycles. The molecular formula is C19H17F2N5O2S2. The lowest BCUT2D eigenvalue weighted by Gasteiger charge is -2.12. The molecule has 0 fully saturated rings. The number of nitrogens with zero attached hydrogens (tertiary/aromatic N) is 3. The van der Waals surface area contributed by atoms with Crippen LogP contribution in [0.1, 0.15) is 10.4 Å². The molecule has 0 radical (unpaired) electrons. The summed E-state index contributed by atoms with van der Waals surface area (Å²) < 4.78 is 27.1. The second kappa shape index (κ2) is 9.63. The van der Waals surface area contributed by atoms with E-state index in [0.717, 1.165) is 40.9 Å². The van der Waals surface area contributed by atoms with Crippen molar-refractivity contribution in [1.82, 2.24) is 10.2 Å². The lowest BCUT2D eigenvalue weighted by molar-refractivity contribution is -0.113. The van der Waals surface area contributed by atoms with Gasteiger partial charge in [-0.15, -0.1) is 10.2 Å². The smallest absolute Gasteiger partial charge is 0.260 e. The molecule has 7 nitrogen and oxygen atoms in total. The molecule has 0 aliphatic heterocycles. The second-order valence-corrected chi connectivity index (χ2v) is 8.43. The minimum absolute atomic E-state index is 0.102. The van der Waals surface area contributed by atoms with E-state index in [9.17, 15) is 18.4 Å². The van der Waals surface area contributed by atoms with E-state index in [1.807, 2.05) is 43.3 Å². The number of aromatic nitrogens is 2. The van der Waals surface area contributed by atoms with Gasteiger partial charge < -0.3 is 10.2 Å². The van der Waals surface area contributed by atoms with Gasteiger partial charge in [0.05, 0.1) is 11.3 Å². The predicted octanol–water partition coefficient (Wildman–Crippen LogP) is 3.87. The number of carbonyl (C=O) groups excluding carboxylic acids is 2. The summed E-state index contributed by atoms with van der Waals surface area (Å²) in [5.74, 6) is -2.62. The summed E-state index contributed by atoms with van der Waals surface area (Å²) in [6, 6.07) is 10.1. The van der Waals surface area contributed by atoms with Gasteiger partial charge in [-0.1, -0.05) is 23.1 Å². The maximum atomic E-state index is 13.7. The van der Waals surface area contributed by atoms with Gasteiger partial charge in [0.25, 0.3) is 5.91 Å². The Morgan fingerprint density at radius 2 is 1.80 bits per heavy atom. The van der Waals surface area contributed by atoms with Crippen LogP contribution in [-0.2, 0) is 4.79 Å². The molecule has 0 unspecified atom stereocenters. The van der Waals surface area contributed by atoms with Crippen LogP contribution in [-0.4, -0.2) is 41.9 Å². The third-order valence-corrected chi connectivity index (χ3v) is 5.77. The van der Waals surface area contributed by atoms with Crippen LogP contribution >= 0.6 is 23.1 Å². The second-order valence-electron chi connectivity index (χ2n) is 6.23. The SMILES string of the molecule is CN(C)c1ccc(NC(=O)CSc2nnc(NC(=O)c3ccc(F)cc3F)s2)cc1. The van der Waals surface area contributed by atoms with E-state index in [-0.39, 0.29) is 22.4 Å². The van der Waals surface area contributed by atoms with Crippen molar-refractivity contribution in [2.45, 2.75) is 4.34 Å². The molecule has 2 amide bonds. The van der Waals surface area contributed by atoms with E-state index in [4.69, 9.17) is 0 Å². The summed E-state index contributed by atoms with van der Waals surface area (Å²) >= 11 is 2.20. The molecular weight excluding hydrogens is 432 g/mol. The standard InChI is InChI=1S/C19H17F2N5O2S2/c1-26(2)13-6-4-12(5-7-13)22-16(27)10-29-19-25-24-18(30-19)23-17(28)14-8-3-11(20)9-15(14)21/h3-9H,10H2,1-2H3,(H,22,27)(H,23,24,28). The van der Waals surface area contributed by atoms with Crippen molar-refractivity contribution >= 4 is 51.4 Å². The Hall–Kier alpha value is -3.05. The van der Waals surface area contributed by atoms with Crippen molar-refractivity contribution in [3.8, 4) is 0 Å². The van der Waals surface area contributed by atoms with Gasteiger partial charge in [0.1, 0.15) is 11.6 Å². The van der Waals surface area contributed by atoms with Crippen molar-refractivity contribution in [1.29, 1.82) is 0 Å². The molecule has 3 aromatic rings. The van der Waals surface area contributed by atoms with E-state index in [2.05, 4.69) is 20.8 Å². The quantitative estimate of drug-likeness (QED) is 0.421. The van der Waals surface area contributed by atoms with E-state index >= 15 is 0 Å². The van der Waals surface area contributed by atoms with Gasteiger partial charge in [0.15, 0.2) is 4.34 Å². The zero-order valence-electron chi connectivity index (χ0n) is 16.0. The number of thioether (sulfide) groups is 1. The average molecular weight is 450 g/mol. The molecule has 0 saturated heterocycles. The van der Waals surface area contributed by atoms with Gasteiger partial charge in [0.2, 0.25) is 11.0 Å². The minimum Gasteiger partial charge on any atom is -0.378 e. The number of halogens is 2. The summed E-state index contributed by atoms with van der Waals surface area (Å²) in [5.41, 5.74) is 1.39. The molecule has 0 aliphatic carbocycles. The van der Waals surface area contributed by atoms with Crippen LogP contribution in [0.25, 0.3) is 0 Å². The topological polar surface area (TPSA) is 87.2 Å². The van der Waals surface area contributed by atoms with E-state index in [0.29, 0.717) is 16.1 Å². The highest BCUT2D eigenvalue weighted by atomic mass is 32.2. The number of hydrogen-bond acceptors (Lipinski definition) is 7. The Morgan fingerprint density at radius 3 is 2.47 bits per heavy atom. The van der Waals surface area contributed by atoms with Crippen LogP contribution in [0.15, 0.2) is 46.8 Å². The molecule has 3 rings (SSSR count). The number of carbonyl (C=O) groups is 2. The van der Waals surface area contributed by atoms with Crippen molar-refractivity contribution in [3.63, 3.8) is 0 Å². The fraction of sp³-hybridized carbons (Fsp3) is 0.158. The highest BCUT2D eigenvalue weighted by Gasteiger charge is 2.15. The number of anilines is 3. The van der Waals surface area contributed by atoms with Gasteiger partial charge in [-0.05, 0) is 36.4 Å². The Morgan fingerprint density at radius 1 is 1.07 bits per heavy atom. The van der Waals surface area contributed by atoms with Crippen LogP contribution in [0.2, 0.25) is 0 Å². The summed E-state index contributed by atoms with van der Waals surface area (Å²) in [6.45, 7) is 0. The summed E-state index contributed by atoms with van der Waals surface area (Å²) in [6.07, 6.45) is 0. The lowest BCUT2D eigenvalue weighted by atomic mass is 10.2. The first-order valence-corrected chi connectivity index (χ1v) is 10.4. The molecule has 11 heteroatoms. The van der Waals surface area contributed by atoms with Crippen LogP contribution < -0.4 is 15.5 Å². The van der Waals surface area contributed by atoms with Gasteiger partial charge in [-0.25, -0.2) is 8.78 Å². The van der Waals surface area contributed by atoms with E-state index < -0.39 is 17.5 Å². The molecule has 0 spiro atoms. The molecule has 156 valence electrons. The monoisotopic (exact) mass is 449 g/mol. The number of benzene rings is 2. The van der Waals surface area contributed by atoms with Crippen LogP contribution in [0.3, 0.4) is 0 Å². The third-order valence-electron chi connectivity index (χ3n) is 3.80. The molecule has 0 aliphatic rings. The Balaban J connectivity index is 1.51. The molecule has 0 saturated carbocycles. The highest BCUT2D eigenvalue weighted by Crippen LogP contribution is 2.26. The minimum atomic E-state index is -0.970. The Labute approximate surface area is 179 Å². The number of rotatable bonds is 7. The Kier molecular flexibility index (Phi) is 6.95. The summed E-state index contributed by atoms with van der Waals surface area (Å²) in [4.78, 5) is 26.1. The maximum Gasteiger partial charge on any atom is 0.260 e. The zero-order chi connectivity index (χ0) is 21.7. The lowest BCUT2D eigenvalue weighted by Crippen LogP contribution is -2.14. The molecule has 1 heterocycles. The number of hydrogen-bond donors (Lipinski definition) is 2. The van der Waals surface area contributed by atoms with Crippen LogP contribution in [0.5, 0.6) is 0 Å². The van der Waals surface area contributed by atoms with Gasteiger partial charge in [0, 0.05) is 31.5 Å². The molecule has 0 atom stereocenters. The maximum absolute atomic E-state index is 13.7. The summed E-state index contributed by atoms with van der Waals surface area (Å²) in [5, 5.41) is 13.0. The van der Waals surface area contributed by atoms with Gasteiger partial charge in [-0.3, -0.25) is 14.9 Å². The number of nitrogens with one attached hydrogen (secondary N) is 2. The number of amides is 2. The van der Waals surface area contributed by atoms with Crippen molar-refractivity contribution in [2.24, 2.45) is 0 Å². The van der Waals surface area contributed by atoms with Crippen molar-refractivity contribution < 1.29 is 18.4 Å². The molecule has 30 heavy (non-hydrogen) atoms. The molecule has 0 bridgehead atoms. The fourth-order valence-corrected chi connectivity index (χ4v) is 3.87. The average Bonchev–Trinajstić information content (AvgIpc) is 3.14. The van der Waals surface area contributed by atoms with Gasteiger partial charge in [-0.2, -0.15) is 0 Å². The zero-order valence-corrected chi connectivity index (χ0v) is 17.6. The van der Waals surface area contributed by atoms with Gasteiger partial charge >= 0.3 is 0 Å². The van der Waals surface area contributed by atoms with Crippen molar-refractivity contribution in [2.75, 3.05) is 35.4 Å². The predicted molar refractivity (Wildman–Crippen MR) is 114 cm³/mol. The first kappa shape index (κ1) is 21.7. The van der Waals surface area contributed by atoms with Crippen LogP contribution in [0, 0.1) is 11.6 Å². The normalized spacial score (nSPS) is 10.5. The first-order valence-electron chi connectivity index (χ1n) is 8.62. The highest BCUT2D eigenvalue weighted by molar-refractivity contribution is 8.01.